The summed E-state index contributed by atoms with van der Waals surface area (Å²) >= 11 is 0. The maximum absolute atomic E-state index is 10.6. The Kier molecular flexibility index (Phi) is 5.84. The largest absolute Gasteiger partial charge is 0.465 e. The minimum atomic E-state index is -1.02. The molecule has 0 spiro atoms. The van der Waals surface area contributed by atoms with E-state index in [4.69, 9.17) is 19.4 Å². The minimum absolute atomic E-state index is 0.135. The number of rotatable bonds is 8. The van der Waals surface area contributed by atoms with Crippen LogP contribution in [-0.2, 0) is 14.3 Å². The van der Waals surface area contributed by atoms with Crippen LogP contribution in [0.15, 0.2) is 29.2 Å². The summed E-state index contributed by atoms with van der Waals surface area (Å²) in [6.45, 7) is 4.58. The smallest absolute Gasteiger partial charge is 0.404 e. The predicted molar refractivity (Wildman–Crippen MR) is 101 cm³/mol. The molecular formula is C19H28N4O5. The highest BCUT2D eigenvalue weighted by Crippen LogP contribution is 2.30. The first kappa shape index (κ1) is 19.2. The van der Waals surface area contributed by atoms with Crippen LogP contribution in [0.3, 0.4) is 0 Å². The van der Waals surface area contributed by atoms with Gasteiger partial charge in [-0.1, -0.05) is 0 Å². The van der Waals surface area contributed by atoms with E-state index in [0.29, 0.717) is 12.5 Å². The molecule has 154 valence electrons. The maximum atomic E-state index is 10.6. The van der Waals surface area contributed by atoms with Crippen molar-refractivity contribution in [1.82, 2.24) is 15.3 Å². The van der Waals surface area contributed by atoms with E-state index in [1.807, 2.05) is 18.5 Å². The van der Waals surface area contributed by atoms with Gasteiger partial charge in [-0.25, -0.2) is 19.8 Å². The van der Waals surface area contributed by atoms with Crippen LogP contribution >= 0.6 is 0 Å². The van der Waals surface area contributed by atoms with Crippen LogP contribution in [0.2, 0.25) is 0 Å². The number of amides is 1. The highest BCUT2D eigenvalue weighted by molar-refractivity contribution is 6.08. The van der Waals surface area contributed by atoms with Gasteiger partial charge in [0.05, 0.1) is 31.6 Å². The average Bonchev–Trinajstić information content (AvgIpc) is 3.41. The number of hydroxylamine groups is 2. The van der Waals surface area contributed by atoms with Gasteiger partial charge in [0, 0.05) is 19.3 Å². The van der Waals surface area contributed by atoms with Crippen molar-refractivity contribution < 1.29 is 24.2 Å². The number of aliphatic imine (C=N–C) groups is 1. The van der Waals surface area contributed by atoms with Crippen molar-refractivity contribution in [3.05, 3.63) is 24.2 Å². The van der Waals surface area contributed by atoms with Crippen molar-refractivity contribution in [2.75, 3.05) is 26.3 Å². The second kappa shape index (κ2) is 8.50. The SMILES string of the molecule is C[C@@H](COC1CCN(C2N=C3C=CN(OCC4CC4)C=C3O2)CC1)NC(=O)O. The van der Waals surface area contributed by atoms with Crippen molar-refractivity contribution in [3.8, 4) is 0 Å². The zero-order valence-electron chi connectivity index (χ0n) is 16.1. The maximum Gasteiger partial charge on any atom is 0.404 e. The number of likely N-dealkylation sites (tertiary alicyclic amines) is 1. The Hall–Kier alpha value is -2.10. The molecule has 1 aliphatic carbocycles. The number of ether oxygens (including phenoxy) is 2. The van der Waals surface area contributed by atoms with Gasteiger partial charge >= 0.3 is 6.09 Å². The number of carbonyl (C=O) groups is 1. The van der Waals surface area contributed by atoms with Gasteiger partial charge in [-0.3, -0.25) is 4.84 Å². The van der Waals surface area contributed by atoms with Crippen molar-refractivity contribution in [2.24, 2.45) is 10.9 Å². The first-order chi connectivity index (χ1) is 13.6. The lowest BCUT2D eigenvalue weighted by Gasteiger charge is -2.34. The lowest BCUT2D eigenvalue weighted by atomic mass is 10.1. The molecular weight excluding hydrogens is 364 g/mol. The summed E-state index contributed by atoms with van der Waals surface area (Å²) in [5.74, 6) is 1.45. The molecule has 1 amide bonds. The highest BCUT2D eigenvalue weighted by atomic mass is 16.7. The summed E-state index contributed by atoms with van der Waals surface area (Å²) in [6.07, 6.45) is 8.73. The van der Waals surface area contributed by atoms with E-state index < -0.39 is 6.09 Å². The number of nitrogens with one attached hydrogen (secondary N) is 1. The van der Waals surface area contributed by atoms with E-state index in [2.05, 4.69) is 15.2 Å². The molecule has 9 heteroatoms. The number of allylic oxidation sites excluding steroid dienone is 1. The third-order valence-electron chi connectivity index (χ3n) is 5.26. The molecule has 9 nitrogen and oxygen atoms in total. The van der Waals surface area contributed by atoms with Crippen LogP contribution in [0.4, 0.5) is 4.79 Å². The van der Waals surface area contributed by atoms with Crippen LogP contribution in [0.25, 0.3) is 0 Å². The summed E-state index contributed by atoms with van der Waals surface area (Å²) in [6, 6.07) is -0.216. The Morgan fingerprint density at radius 1 is 1.39 bits per heavy atom. The van der Waals surface area contributed by atoms with E-state index in [0.717, 1.165) is 44.0 Å². The van der Waals surface area contributed by atoms with E-state index in [9.17, 15) is 4.79 Å². The van der Waals surface area contributed by atoms with Crippen LogP contribution in [-0.4, -0.2) is 71.7 Å². The monoisotopic (exact) mass is 392 g/mol. The zero-order valence-corrected chi connectivity index (χ0v) is 16.1. The molecule has 2 atom stereocenters. The van der Waals surface area contributed by atoms with Crippen molar-refractivity contribution in [3.63, 3.8) is 0 Å². The van der Waals surface area contributed by atoms with E-state index in [-0.39, 0.29) is 18.5 Å². The number of nitrogens with zero attached hydrogens (tertiary/aromatic N) is 3. The number of fused-ring (bicyclic) bond motifs is 1. The van der Waals surface area contributed by atoms with Crippen LogP contribution in [0.1, 0.15) is 32.6 Å². The normalized spacial score (nSPS) is 26.3. The minimum Gasteiger partial charge on any atom is -0.465 e. The second-order valence-corrected chi connectivity index (χ2v) is 7.79. The molecule has 4 aliphatic rings. The molecule has 1 saturated heterocycles. The molecule has 0 bridgehead atoms. The van der Waals surface area contributed by atoms with E-state index >= 15 is 0 Å². The molecule has 0 radical (unpaired) electrons. The molecule has 0 aromatic rings. The van der Waals surface area contributed by atoms with Gasteiger partial charge < -0.3 is 19.9 Å². The summed E-state index contributed by atoms with van der Waals surface area (Å²) in [4.78, 5) is 23.2. The molecule has 2 N–H and O–H groups in total. The van der Waals surface area contributed by atoms with E-state index in [1.54, 1.807) is 12.0 Å². The Bertz CT molecular complexity index is 667. The van der Waals surface area contributed by atoms with Gasteiger partial charge in [0.25, 0.3) is 0 Å². The molecule has 4 rings (SSSR count). The first-order valence-corrected chi connectivity index (χ1v) is 9.98. The zero-order chi connectivity index (χ0) is 19.5. The standard InChI is InChI=1S/C19H28N4O5/c1-13(20-19(24)25)11-26-15-4-7-22(8-5-15)18-21-16-6-9-23(10-17(16)28-18)27-12-14-2-3-14/h6,9-10,13-15,18,20H,2-5,7-8,11-12H2,1H3,(H,24,25)/t13-,18?/m0/s1. The fourth-order valence-corrected chi connectivity index (χ4v) is 3.42. The summed E-state index contributed by atoms with van der Waals surface area (Å²) in [7, 11) is 0. The third-order valence-corrected chi connectivity index (χ3v) is 5.26. The molecule has 3 heterocycles. The third kappa shape index (κ3) is 5.03. The molecule has 3 aliphatic heterocycles. The summed E-state index contributed by atoms with van der Waals surface area (Å²) in [5.41, 5.74) is 0.850. The van der Waals surface area contributed by atoms with Gasteiger partial charge in [-0.05, 0) is 44.6 Å². The predicted octanol–water partition coefficient (Wildman–Crippen LogP) is 1.89. The van der Waals surface area contributed by atoms with Gasteiger partial charge in [-0.2, -0.15) is 0 Å². The summed E-state index contributed by atoms with van der Waals surface area (Å²) in [5, 5.41) is 12.8. The van der Waals surface area contributed by atoms with Crippen LogP contribution < -0.4 is 5.32 Å². The van der Waals surface area contributed by atoms with Crippen molar-refractivity contribution in [1.29, 1.82) is 0 Å². The Balaban J connectivity index is 1.20. The fourth-order valence-electron chi connectivity index (χ4n) is 3.42. The van der Waals surface area contributed by atoms with Crippen LogP contribution in [0.5, 0.6) is 0 Å². The van der Waals surface area contributed by atoms with Gasteiger partial charge in [-0.15, -0.1) is 0 Å². The Morgan fingerprint density at radius 3 is 2.89 bits per heavy atom. The quantitative estimate of drug-likeness (QED) is 0.651. The molecule has 28 heavy (non-hydrogen) atoms. The molecule has 2 fully saturated rings. The second-order valence-electron chi connectivity index (χ2n) is 7.79. The lowest BCUT2D eigenvalue weighted by Crippen LogP contribution is -2.44. The molecule has 1 saturated carbocycles. The van der Waals surface area contributed by atoms with E-state index in [1.165, 1.54) is 12.8 Å². The number of piperidine rings is 1. The van der Waals surface area contributed by atoms with Gasteiger partial charge in [0.2, 0.25) is 6.35 Å². The molecule has 0 aromatic heterocycles. The van der Waals surface area contributed by atoms with Gasteiger partial charge in [0.15, 0.2) is 5.76 Å². The first-order valence-electron chi connectivity index (χ1n) is 9.98. The topological polar surface area (TPSA) is 95.9 Å². The van der Waals surface area contributed by atoms with Gasteiger partial charge in [0.1, 0.15) is 5.71 Å². The Labute approximate surface area is 164 Å². The molecule has 0 aromatic carbocycles. The lowest BCUT2D eigenvalue weighted by molar-refractivity contribution is -0.0926. The summed E-state index contributed by atoms with van der Waals surface area (Å²) < 4.78 is 11.9. The highest BCUT2D eigenvalue weighted by Gasteiger charge is 2.33. The molecule has 1 unspecified atom stereocenters. The number of carboxylic acid groups (broad SMARTS) is 1. The Morgan fingerprint density at radius 2 is 2.18 bits per heavy atom. The van der Waals surface area contributed by atoms with Crippen LogP contribution in [0, 0.1) is 5.92 Å². The van der Waals surface area contributed by atoms with Crippen molar-refractivity contribution in [2.45, 2.75) is 51.1 Å². The van der Waals surface area contributed by atoms with Crippen molar-refractivity contribution >= 4 is 11.8 Å². The average molecular weight is 392 g/mol. The number of hydrogen-bond acceptors (Lipinski definition) is 7. The number of hydrogen-bond donors (Lipinski definition) is 2. The fraction of sp³-hybridized carbons (Fsp3) is 0.684.